The van der Waals surface area contributed by atoms with Crippen LogP contribution in [0.1, 0.15) is 17.3 Å². The van der Waals surface area contributed by atoms with Gasteiger partial charge in [-0.05, 0) is 24.6 Å². The minimum atomic E-state index is -1.22. The Hall–Kier alpha value is -2.37. The highest BCUT2D eigenvalue weighted by Gasteiger charge is 2.18. The summed E-state index contributed by atoms with van der Waals surface area (Å²) in [5.41, 5.74) is 0.187. The Morgan fingerprint density at radius 1 is 1.59 bits per heavy atom. The highest BCUT2D eigenvalue weighted by molar-refractivity contribution is 5.88. The van der Waals surface area contributed by atoms with Gasteiger partial charge in [0.1, 0.15) is 6.61 Å². The van der Waals surface area contributed by atoms with E-state index in [-0.39, 0.29) is 23.6 Å². The number of benzene rings is 1. The van der Waals surface area contributed by atoms with E-state index in [1.54, 1.807) is 6.92 Å². The van der Waals surface area contributed by atoms with Gasteiger partial charge in [0.25, 0.3) is 0 Å². The highest BCUT2D eigenvalue weighted by Crippen LogP contribution is 2.28. The van der Waals surface area contributed by atoms with Crippen molar-refractivity contribution in [2.75, 3.05) is 6.61 Å². The van der Waals surface area contributed by atoms with Crippen molar-refractivity contribution in [2.45, 2.75) is 6.92 Å². The normalized spacial score (nSPS) is 9.71. The van der Waals surface area contributed by atoms with Gasteiger partial charge in [0, 0.05) is 6.07 Å². The van der Waals surface area contributed by atoms with Crippen molar-refractivity contribution in [3.05, 3.63) is 46.0 Å². The SMILES string of the molecule is C=C(C)COc1ccc(C(=O)O)cc1[N+](=O)[O-]. The third-order valence-corrected chi connectivity index (χ3v) is 1.88. The molecule has 0 aliphatic carbocycles. The first-order valence-corrected chi connectivity index (χ1v) is 4.70. The number of carboxylic acid groups (broad SMARTS) is 1. The molecule has 0 radical (unpaired) electrons. The van der Waals surface area contributed by atoms with E-state index >= 15 is 0 Å². The summed E-state index contributed by atoms with van der Waals surface area (Å²) in [5, 5.41) is 19.5. The number of rotatable bonds is 5. The van der Waals surface area contributed by atoms with Gasteiger partial charge in [-0.15, -0.1) is 0 Å². The van der Waals surface area contributed by atoms with Gasteiger partial charge in [-0.25, -0.2) is 4.79 Å². The molecule has 1 aromatic carbocycles. The minimum Gasteiger partial charge on any atom is -0.482 e. The zero-order valence-corrected chi connectivity index (χ0v) is 9.17. The van der Waals surface area contributed by atoms with Crippen molar-refractivity contribution in [1.82, 2.24) is 0 Å². The molecule has 1 aromatic rings. The predicted octanol–water partition coefficient (Wildman–Crippen LogP) is 2.25. The molecule has 0 heterocycles. The Kier molecular flexibility index (Phi) is 3.82. The molecule has 0 unspecified atom stereocenters. The maximum Gasteiger partial charge on any atom is 0.335 e. The third-order valence-electron chi connectivity index (χ3n) is 1.88. The van der Waals surface area contributed by atoms with Gasteiger partial charge >= 0.3 is 11.7 Å². The maximum atomic E-state index is 10.8. The molecule has 0 spiro atoms. The molecule has 0 aliphatic heterocycles. The summed E-state index contributed by atoms with van der Waals surface area (Å²) < 4.78 is 5.16. The third kappa shape index (κ3) is 3.30. The molecule has 0 atom stereocenters. The smallest absolute Gasteiger partial charge is 0.335 e. The first-order chi connectivity index (χ1) is 7.91. The van der Waals surface area contributed by atoms with Crippen LogP contribution in [0.3, 0.4) is 0 Å². The van der Waals surface area contributed by atoms with Crippen molar-refractivity contribution >= 4 is 11.7 Å². The van der Waals surface area contributed by atoms with E-state index in [0.29, 0.717) is 5.57 Å². The summed E-state index contributed by atoms with van der Waals surface area (Å²) in [6, 6.07) is 3.49. The van der Waals surface area contributed by atoms with Crippen LogP contribution < -0.4 is 4.74 Å². The predicted molar refractivity (Wildman–Crippen MR) is 60.4 cm³/mol. The van der Waals surface area contributed by atoms with Crippen molar-refractivity contribution in [3.63, 3.8) is 0 Å². The minimum absolute atomic E-state index is 0.0306. The number of hydrogen-bond acceptors (Lipinski definition) is 4. The largest absolute Gasteiger partial charge is 0.482 e. The molecule has 0 aromatic heterocycles. The number of carbonyl (C=O) groups is 1. The average molecular weight is 237 g/mol. The molecule has 0 bridgehead atoms. The van der Waals surface area contributed by atoms with Gasteiger partial charge in [0.05, 0.1) is 10.5 Å². The van der Waals surface area contributed by atoms with Crippen molar-refractivity contribution in [3.8, 4) is 5.75 Å². The lowest BCUT2D eigenvalue weighted by molar-refractivity contribution is -0.385. The Bertz CT molecular complexity index is 481. The fraction of sp³-hybridized carbons (Fsp3) is 0.182. The summed E-state index contributed by atoms with van der Waals surface area (Å²) in [7, 11) is 0. The van der Waals surface area contributed by atoms with Crippen LogP contribution in [-0.4, -0.2) is 22.6 Å². The number of nitro benzene ring substituents is 1. The van der Waals surface area contributed by atoms with E-state index in [0.717, 1.165) is 6.07 Å². The van der Waals surface area contributed by atoms with Crippen LogP contribution in [0.25, 0.3) is 0 Å². The molecule has 0 amide bonds. The highest BCUT2D eigenvalue weighted by atomic mass is 16.6. The second-order valence-electron chi connectivity index (χ2n) is 3.49. The lowest BCUT2D eigenvalue weighted by atomic mass is 10.2. The van der Waals surface area contributed by atoms with E-state index in [9.17, 15) is 14.9 Å². The molecule has 1 rings (SSSR count). The summed E-state index contributed by atoms with van der Waals surface area (Å²) in [5.74, 6) is -1.19. The molecular weight excluding hydrogens is 226 g/mol. The second-order valence-corrected chi connectivity index (χ2v) is 3.49. The van der Waals surface area contributed by atoms with E-state index in [4.69, 9.17) is 9.84 Å². The van der Waals surface area contributed by atoms with Crippen molar-refractivity contribution < 1.29 is 19.6 Å². The number of ether oxygens (including phenoxy) is 1. The monoisotopic (exact) mass is 237 g/mol. The van der Waals surface area contributed by atoms with Crippen LogP contribution in [-0.2, 0) is 0 Å². The lowest BCUT2D eigenvalue weighted by Crippen LogP contribution is -2.03. The fourth-order valence-corrected chi connectivity index (χ4v) is 1.12. The van der Waals surface area contributed by atoms with Crippen LogP contribution in [0.15, 0.2) is 30.4 Å². The first kappa shape index (κ1) is 12.7. The number of aromatic carboxylic acids is 1. The van der Waals surface area contributed by atoms with Gasteiger partial charge < -0.3 is 9.84 Å². The van der Waals surface area contributed by atoms with Crippen LogP contribution in [0, 0.1) is 10.1 Å². The van der Waals surface area contributed by atoms with Crippen molar-refractivity contribution in [2.24, 2.45) is 0 Å². The molecule has 1 N–H and O–H groups in total. The molecule has 0 fully saturated rings. The van der Waals surface area contributed by atoms with Crippen molar-refractivity contribution in [1.29, 1.82) is 0 Å². The quantitative estimate of drug-likeness (QED) is 0.482. The van der Waals surface area contributed by atoms with Gasteiger partial charge in [0.15, 0.2) is 5.75 Å². The summed E-state index contributed by atoms with van der Waals surface area (Å²) in [6.07, 6.45) is 0. The number of nitrogens with zero attached hydrogens (tertiary/aromatic N) is 1. The Morgan fingerprint density at radius 2 is 2.24 bits per heavy atom. The number of nitro groups is 1. The van der Waals surface area contributed by atoms with Gasteiger partial charge in [-0.3, -0.25) is 10.1 Å². The van der Waals surface area contributed by atoms with Gasteiger partial charge in [0.2, 0.25) is 0 Å². The second kappa shape index (κ2) is 5.11. The zero-order chi connectivity index (χ0) is 13.0. The molecule has 17 heavy (non-hydrogen) atoms. The van der Waals surface area contributed by atoms with E-state index in [1.165, 1.54) is 12.1 Å². The fourth-order valence-electron chi connectivity index (χ4n) is 1.12. The lowest BCUT2D eigenvalue weighted by Gasteiger charge is -2.06. The molecule has 6 nitrogen and oxygen atoms in total. The Labute approximate surface area is 97.3 Å². The molecule has 0 aliphatic rings. The van der Waals surface area contributed by atoms with Crippen LogP contribution in [0.5, 0.6) is 5.75 Å². The van der Waals surface area contributed by atoms with Crippen LogP contribution in [0.4, 0.5) is 5.69 Å². The first-order valence-electron chi connectivity index (χ1n) is 4.70. The summed E-state index contributed by atoms with van der Waals surface area (Å²) >= 11 is 0. The van der Waals surface area contributed by atoms with Gasteiger partial charge in [-0.2, -0.15) is 0 Å². The Morgan fingerprint density at radius 3 is 2.71 bits per heavy atom. The molecule has 0 saturated carbocycles. The standard InChI is InChI=1S/C11H11NO5/c1-7(2)6-17-10-4-3-8(11(13)14)5-9(10)12(15)16/h3-5H,1,6H2,2H3,(H,13,14). The van der Waals surface area contributed by atoms with E-state index < -0.39 is 10.9 Å². The molecular formula is C11H11NO5. The topological polar surface area (TPSA) is 89.7 Å². The van der Waals surface area contributed by atoms with E-state index in [1.807, 2.05) is 0 Å². The summed E-state index contributed by atoms with van der Waals surface area (Å²) in [4.78, 5) is 20.7. The van der Waals surface area contributed by atoms with Crippen LogP contribution in [0.2, 0.25) is 0 Å². The molecule has 0 saturated heterocycles. The van der Waals surface area contributed by atoms with E-state index in [2.05, 4.69) is 6.58 Å². The Balaban J connectivity index is 3.08. The van der Waals surface area contributed by atoms with Gasteiger partial charge in [-0.1, -0.05) is 6.58 Å². The zero-order valence-electron chi connectivity index (χ0n) is 9.17. The number of hydrogen-bond donors (Lipinski definition) is 1. The molecule has 90 valence electrons. The molecule has 6 heteroatoms. The summed E-state index contributed by atoms with van der Waals surface area (Å²) in [6.45, 7) is 5.47. The maximum absolute atomic E-state index is 10.8. The average Bonchev–Trinajstić information content (AvgIpc) is 2.25. The number of carboxylic acids is 1. The van der Waals surface area contributed by atoms with Crippen LogP contribution >= 0.6 is 0 Å².